The van der Waals surface area contributed by atoms with E-state index in [-0.39, 0.29) is 10.6 Å². The van der Waals surface area contributed by atoms with E-state index in [1.165, 1.54) is 24.3 Å². The second-order valence-electron chi connectivity index (χ2n) is 3.40. The molecule has 1 atom stereocenters. The van der Waals surface area contributed by atoms with Gasteiger partial charge in [0.1, 0.15) is 0 Å². The lowest BCUT2D eigenvalue weighted by Gasteiger charge is -2.16. The lowest BCUT2D eigenvalue weighted by atomic mass is 10.2. The summed E-state index contributed by atoms with van der Waals surface area (Å²) in [6, 6.07) is 7.47. The average Bonchev–Trinajstić information content (AvgIpc) is 2.38. The number of nitrogens with zero attached hydrogens (tertiary/aromatic N) is 1. The van der Waals surface area contributed by atoms with Gasteiger partial charge in [-0.15, -0.1) is 0 Å². The number of rotatable bonds is 5. The Labute approximate surface area is 107 Å². The maximum atomic E-state index is 11.8. The monoisotopic (exact) mass is 269 g/mol. The minimum absolute atomic E-state index is 0.0523. The molecule has 8 nitrogen and oxygen atoms in total. The Kier molecular flexibility index (Phi) is 4.98. The number of hydroxylamine groups is 2. The second-order valence-corrected chi connectivity index (χ2v) is 3.40. The first kappa shape index (κ1) is 14.6. The van der Waals surface area contributed by atoms with Crippen LogP contribution in [0.25, 0.3) is 0 Å². The Balaban J connectivity index is 2.76. The molecule has 8 heteroatoms. The van der Waals surface area contributed by atoms with E-state index in [9.17, 15) is 14.4 Å². The summed E-state index contributed by atoms with van der Waals surface area (Å²) >= 11 is 0. The summed E-state index contributed by atoms with van der Waals surface area (Å²) in [4.78, 5) is 41.6. The van der Waals surface area contributed by atoms with E-state index in [4.69, 9.17) is 10.2 Å². The van der Waals surface area contributed by atoms with Crippen LogP contribution in [0.5, 0.6) is 0 Å². The normalized spacial score (nSPS) is 11.6. The van der Waals surface area contributed by atoms with Crippen LogP contribution in [-0.4, -0.2) is 39.3 Å². The highest BCUT2D eigenvalue weighted by molar-refractivity contribution is 6.01. The second kappa shape index (κ2) is 6.47. The molecular weight excluding hydrogens is 258 g/mol. The smallest absolute Gasteiger partial charge is 0.441 e. The molecule has 2 N–H and O–H groups in total. The molecule has 1 aromatic carbocycles. The molecule has 0 saturated carbocycles. The summed E-state index contributed by atoms with van der Waals surface area (Å²) in [5.41, 5.74) is 0.0523. The van der Waals surface area contributed by atoms with Crippen LogP contribution in [-0.2, 0) is 14.7 Å². The molecule has 0 fully saturated rings. The highest BCUT2D eigenvalue weighted by atomic mass is 17.3. The zero-order chi connectivity index (χ0) is 14.4. The zero-order valence-corrected chi connectivity index (χ0v) is 9.85. The summed E-state index contributed by atoms with van der Waals surface area (Å²) in [6.07, 6.45) is -3.16. The van der Waals surface area contributed by atoms with Crippen LogP contribution in [0.1, 0.15) is 17.3 Å². The van der Waals surface area contributed by atoms with Crippen LogP contribution in [0.15, 0.2) is 30.3 Å². The van der Waals surface area contributed by atoms with Crippen molar-refractivity contribution in [3.63, 3.8) is 0 Å². The Bertz CT molecular complexity index is 473. The summed E-state index contributed by atoms with van der Waals surface area (Å²) in [7, 11) is 0. The molecule has 1 unspecified atom stereocenters. The van der Waals surface area contributed by atoms with Gasteiger partial charge in [0, 0.05) is 5.56 Å². The molecule has 0 saturated heterocycles. The molecule has 1 aromatic rings. The third kappa shape index (κ3) is 4.05. The Morgan fingerprint density at radius 3 is 2.21 bits per heavy atom. The molecule has 0 aliphatic carbocycles. The molecule has 0 aliphatic rings. The van der Waals surface area contributed by atoms with Crippen molar-refractivity contribution in [1.82, 2.24) is 5.06 Å². The van der Waals surface area contributed by atoms with E-state index < -0.39 is 24.1 Å². The van der Waals surface area contributed by atoms with Crippen LogP contribution in [0.2, 0.25) is 0 Å². The van der Waals surface area contributed by atoms with Gasteiger partial charge in [0.05, 0.1) is 0 Å². The molecule has 1 rings (SSSR count). The van der Waals surface area contributed by atoms with Crippen molar-refractivity contribution < 1.29 is 34.5 Å². The van der Waals surface area contributed by atoms with Crippen LogP contribution in [0.3, 0.4) is 0 Å². The first-order valence-corrected chi connectivity index (χ1v) is 5.12. The van der Waals surface area contributed by atoms with Gasteiger partial charge in [-0.3, -0.25) is 4.79 Å². The summed E-state index contributed by atoms with van der Waals surface area (Å²) in [5.74, 6) is -2.36. The van der Waals surface area contributed by atoms with Gasteiger partial charge < -0.3 is 10.2 Å². The highest BCUT2D eigenvalue weighted by Gasteiger charge is 2.26. The first-order valence-electron chi connectivity index (χ1n) is 5.12. The fourth-order valence-corrected chi connectivity index (χ4v) is 0.999. The van der Waals surface area contributed by atoms with Gasteiger partial charge in [-0.2, -0.15) is 4.89 Å². The van der Waals surface area contributed by atoms with Gasteiger partial charge in [-0.05, 0) is 19.1 Å². The average molecular weight is 269 g/mol. The van der Waals surface area contributed by atoms with Crippen LogP contribution in [0, 0.1) is 0 Å². The van der Waals surface area contributed by atoms with Gasteiger partial charge in [0.25, 0.3) is 5.91 Å². The first-order chi connectivity index (χ1) is 8.93. The largest absolute Gasteiger partial charge is 0.479 e. The molecule has 0 heterocycles. The van der Waals surface area contributed by atoms with Crippen molar-refractivity contribution in [2.75, 3.05) is 0 Å². The van der Waals surface area contributed by atoms with Crippen molar-refractivity contribution in [2.45, 2.75) is 13.0 Å². The van der Waals surface area contributed by atoms with E-state index in [1.807, 2.05) is 0 Å². The summed E-state index contributed by atoms with van der Waals surface area (Å²) in [5, 5.41) is 17.3. The van der Waals surface area contributed by atoms with Gasteiger partial charge >= 0.3 is 12.1 Å². The quantitative estimate of drug-likeness (QED) is 0.608. The van der Waals surface area contributed by atoms with Gasteiger partial charge in [-0.1, -0.05) is 28.3 Å². The maximum Gasteiger partial charge on any atom is 0.441 e. The summed E-state index contributed by atoms with van der Waals surface area (Å²) < 4.78 is 0. The third-order valence-corrected chi connectivity index (χ3v) is 1.99. The Morgan fingerprint density at radius 1 is 1.16 bits per heavy atom. The minimum Gasteiger partial charge on any atom is -0.479 e. The van der Waals surface area contributed by atoms with E-state index in [0.717, 1.165) is 6.92 Å². The van der Waals surface area contributed by atoms with Gasteiger partial charge in [0.15, 0.2) is 6.10 Å². The number of imide groups is 1. The zero-order valence-electron chi connectivity index (χ0n) is 9.85. The standard InChI is InChI=1S/C11H11NO7/c1-7(10(14)15)18-19-12(11(16)17)9(13)8-5-3-2-4-6-8/h2-7H,1H3,(H,14,15)(H,16,17). The van der Waals surface area contributed by atoms with Crippen molar-refractivity contribution in [2.24, 2.45) is 0 Å². The van der Waals surface area contributed by atoms with Gasteiger partial charge in [0.2, 0.25) is 0 Å². The van der Waals surface area contributed by atoms with Crippen LogP contribution >= 0.6 is 0 Å². The predicted octanol–water partition coefficient (Wildman–Crippen LogP) is 1.14. The number of carbonyl (C=O) groups excluding carboxylic acids is 1. The molecule has 0 spiro atoms. The minimum atomic E-state index is -1.73. The fraction of sp³-hybridized carbons (Fsp3) is 0.182. The molecule has 0 bridgehead atoms. The summed E-state index contributed by atoms with van der Waals surface area (Å²) in [6.45, 7) is 1.12. The van der Waals surface area contributed by atoms with Crippen LogP contribution < -0.4 is 0 Å². The van der Waals surface area contributed by atoms with E-state index >= 15 is 0 Å². The number of carboxylic acids is 1. The molecule has 2 amide bonds. The number of aliphatic carboxylic acids is 1. The number of carbonyl (C=O) groups is 3. The number of hydrogen-bond acceptors (Lipinski definition) is 5. The van der Waals surface area contributed by atoms with Crippen LogP contribution in [0.4, 0.5) is 4.79 Å². The number of benzene rings is 1. The Morgan fingerprint density at radius 2 is 1.74 bits per heavy atom. The van der Waals surface area contributed by atoms with Crippen molar-refractivity contribution in [1.29, 1.82) is 0 Å². The fourth-order valence-electron chi connectivity index (χ4n) is 0.999. The number of hydrogen-bond donors (Lipinski definition) is 2. The molecule has 19 heavy (non-hydrogen) atoms. The number of carboxylic acid groups (broad SMARTS) is 2. The van der Waals surface area contributed by atoms with Crippen molar-refractivity contribution >= 4 is 18.0 Å². The molecule has 102 valence electrons. The Hall–Kier alpha value is -2.45. The van der Waals surface area contributed by atoms with E-state index in [1.54, 1.807) is 6.07 Å². The maximum absolute atomic E-state index is 11.8. The topological polar surface area (TPSA) is 113 Å². The highest BCUT2D eigenvalue weighted by Crippen LogP contribution is 2.07. The predicted molar refractivity (Wildman–Crippen MR) is 59.9 cm³/mol. The molecule has 0 aliphatic heterocycles. The van der Waals surface area contributed by atoms with E-state index in [2.05, 4.69) is 9.88 Å². The molecule has 0 radical (unpaired) electrons. The lowest BCUT2D eigenvalue weighted by Crippen LogP contribution is -2.37. The SMILES string of the molecule is CC(OON(C(=O)O)C(=O)c1ccccc1)C(=O)O. The van der Waals surface area contributed by atoms with Crippen molar-refractivity contribution in [3.8, 4) is 0 Å². The van der Waals surface area contributed by atoms with Gasteiger partial charge in [-0.25, -0.2) is 9.59 Å². The molecule has 0 aromatic heterocycles. The molecular formula is C11H11NO7. The lowest BCUT2D eigenvalue weighted by molar-refractivity contribution is -0.403. The third-order valence-electron chi connectivity index (χ3n) is 1.99. The van der Waals surface area contributed by atoms with E-state index in [0.29, 0.717) is 0 Å². The number of amides is 2. The van der Waals surface area contributed by atoms with Crippen molar-refractivity contribution in [3.05, 3.63) is 35.9 Å².